The molecule has 1 aromatic rings. The fourth-order valence-electron chi connectivity index (χ4n) is 1.77. The minimum absolute atomic E-state index is 0.0742. The van der Waals surface area contributed by atoms with Crippen LogP contribution in [0.5, 0.6) is 0 Å². The van der Waals surface area contributed by atoms with E-state index in [1.807, 2.05) is 12.1 Å². The van der Waals surface area contributed by atoms with Gasteiger partial charge in [-0.25, -0.2) is 0 Å². The SMILES string of the molecule is COC1Cc2ccccc2C(OC)[N]1. The van der Waals surface area contributed by atoms with Crippen LogP contribution in [0.4, 0.5) is 0 Å². The second kappa shape index (κ2) is 4.09. The molecule has 1 aliphatic rings. The van der Waals surface area contributed by atoms with E-state index in [4.69, 9.17) is 9.47 Å². The van der Waals surface area contributed by atoms with E-state index < -0.39 is 0 Å². The molecule has 2 unspecified atom stereocenters. The summed E-state index contributed by atoms with van der Waals surface area (Å²) >= 11 is 0. The zero-order valence-electron chi connectivity index (χ0n) is 8.43. The smallest absolute Gasteiger partial charge is 0.151 e. The van der Waals surface area contributed by atoms with Crippen LogP contribution in [0, 0.1) is 0 Å². The van der Waals surface area contributed by atoms with E-state index in [2.05, 4.69) is 17.4 Å². The van der Waals surface area contributed by atoms with Crippen molar-refractivity contribution in [3.05, 3.63) is 35.4 Å². The van der Waals surface area contributed by atoms with E-state index in [9.17, 15) is 0 Å². The van der Waals surface area contributed by atoms with Crippen LogP contribution in [0.15, 0.2) is 24.3 Å². The first-order chi connectivity index (χ1) is 6.85. The molecule has 2 atom stereocenters. The normalized spacial score (nSPS) is 25.9. The van der Waals surface area contributed by atoms with Crippen LogP contribution in [-0.2, 0) is 15.9 Å². The predicted octanol–water partition coefficient (Wildman–Crippen LogP) is 1.46. The second-order valence-electron chi connectivity index (χ2n) is 3.33. The van der Waals surface area contributed by atoms with Gasteiger partial charge in [0, 0.05) is 26.2 Å². The maximum Gasteiger partial charge on any atom is 0.151 e. The Morgan fingerprint density at radius 3 is 2.71 bits per heavy atom. The van der Waals surface area contributed by atoms with Crippen molar-refractivity contribution in [3.63, 3.8) is 0 Å². The molecule has 1 aromatic carbocycles. The van der Waals surface area contributed by atoms with Crippen molar-refractivity contribution in [3.8, 4) is 0 Å². The molecule has 1 heterocycles. The zero-order valence-corrected chi connectivity index (χ0v) is 8.43. The van der Waals surface area contributed by atoms with Gasteiger partial charge in [0.15, 0.2) is 6.23 Å². The number of hydrogen-bond acceptors (Lipinski definition) is 2. The predicted molar refractivity (Wildman–Crippen MR) is 52.8 cm³/mol. The van der Waals surface area contributed by atoms with Gasteiger partial charge in [-0.2, -0.15) is 5.32 Å². The third-order valence-electron chi connectivity index (χ3n) is 2.51. The highest BCUT2D eigenvalue weighted by molar-refractivity contribution is 5.31. The van der Waals surface area contributed by atoms with Gasteiger partial charge in [-0.1, -0.05) is 24.3 Å². The molecule has 0 saturated heterocycles. The standard InChI is InChI=1S/C11H14NO2/c1-13-10-7-8-5-3-4-6-9(8)11(12-10)14-2/h3-6,10-11H,7H2,1-2H3. The third-order valence-corrected chi connectivity index (χ3v) is 2.51. The van der Waals surface area contributed by atoms with Gasteiger partial charge in [0.2, 0.25) is 0 Å². The maximum absolute atomic E-state index is 5.30. The van der Waals surface area contributed by atoms with Crippen LogP contribution in [0.1, 0.15) is 17.4 Å². The molecule has 0 fully saturated rings. The lowest BCUT2D eigenvalue weighted by Gasteiger charge is -2.29. The Morgan fingerprint density at radius 1 is 1.21 bits per heavy atom. The quantitative estimate of drug-likeness (QED) is 0.710. The van der Waals surface area contributed by atoms with Crippen LogP contribution in [0.2, 0.25) is 0 Å². The minimum Gasteiger partial charge on any atom is -0.365 e. The van der Waals surface area contributed by atoms with Crippen molar-refractivity contribution in [1.29, 1.82) is 0 Å². The molecule has 1 radical (unpaired) electrons. The second-order valence-corrected chi connectivity index (χ2v) is 3.33. The van der Waals surface area contributed by atoms with Gasteiger partial charge in [-0.15, -0.1) is 0 Å². The highest BCUT2D eigenvalue weighted by Crippen LogP contribution is 2.26. The van der Waals surface area contributed by atoms with Crippen molar-refractivity contribution in [2.45, 2.75) is 18.9 Å². The molecule has 0 aromatic heterocycles. The van der Waals surface area contributed by atoms with Crippen molar-refractivity contribution in [1.82, 2.24) is 5.32 Å². The Balaban J connectivity index is 2.31. The molecule has 0 bridgehead atoms. The van der Waals surface area contributed by atoms with Crippen molar-refractivity contribution in [2.75, 3.05) is 14.2 Å². The molecule has 3 nitrogen and oxygen atoms in total. The Bertz CT molecular complexity index is 314. The largest absolute Gasteiger partial charge is 0.365 e. The zero-order chi connectivity index (χ0) is 9.97. The monoisotopic (exact) mass is 192 g/mol. The lowest BCUT2D eigenvalue weighted by molar-refractivity contribution is -0.0250. The molecule has 0 saturated carbocycles. The summed E-state index contributed by atoms with van der Waals surface area (Å²) in [6.45, 7) is 0. The molecule has 14 heavy (non-hydrogen) atoms. The molecule has 0 aliphatic carbocycles. The minimum atomic E-state index is -0.176. The number of rotatable bonds is 2. The Morgan fingerprint density at radius 2 is 2.00 bits per heavy atom. The summed E-state index contributed by atoms with van der Waals surface area (Å²) in [7, 11) is 3.35. The first kappa shape index (κ1) is 9.65. The third kappa shape index (κ3) is 1.66. The van der Waals surface area contributed by atoms with Gasteiger partial charge in [0.1, 0.15) is 6.23 Å². The number of fused-ring (bicyclic) bond motifs is 1. The first-order valence-electron chi connectivity index (χ1n) is 4.68. The number of nitrogens with zero attached hydrogens (tertiary/aromatic N) is 1. The number of ether oxygens (including phenoxy) is 2. The molecule has 0 amide bonds. The van der Waals surface area contributed by atoms with Gasteiger partial charge in [-0.3, -0.25) is 0 Å². The number of methoxy groups -OCH3 is 2. The summed E-state index contributed by atoms with van der Waals surface area (Å²) in [5, 5.41) is 4.42. The van der Waals surface area contributed by atoms with Crippen LogP contribution in [0.3, 0.4) is 0 Å². The lowest BCUT2D eigenvalue weighted by Crippen LogP contribution is -2.35. The van der Waals surface area contributed by atoms with E-state index in [0.29, 0.717) is 0 Å². The number of hydrogen-bond donors (Lipinski definition) is 0. The highest BCUT2D eigenvalue weighted by atomic mass is 16.5. The summed E-state index contributed by atoms with van der Waals surface area (Å²) in [4.78, 5) is 0. The van der Waals surface area contributed by atoms with Gasteiger partial charge in [0.25, 0.3) is 0 Å². The van der Waals surface area contributed by atoms with Crippen LogP contribution < -0.4 is 5.32 Å². The van der Waals surface area contributed by atoms with Gasteiger partial charge in [0.05, 0.1) is 0 Å². The summed E-state index contributed by atoms with van der Waals surface area (Å²) in [5.74, 6) is 0. The first-order valence-corrected chi connectivity index (χ1v) is 4.68. The maximum atomic E-state index is 5.30. The van der Waals surface area contributed by atoms with E-state index >= 15 is 0 Å². The van der Waals surface area contributed by atoms with Gasteiger partial charge >= 0.3 is 0 Å². The van der Waals surface area contributed by atoms with Crippen molar-refractivity contribution >= 4 is 0 Å². The number of benzene rings is 1. The molecule has 75 valence electrons. The van der Waals surface area contributed by atoms with Crippen LogP contribution in [0.25, 0.3) is 0 Å². The van der Waals surface area contributed by atoms with Crippen molar-refractivity contribution < 1.29 is 9.47 Å². The van der Waals surface area contributed by atoms with E-state index in [0.717, 1.165) is 12.0 Å². The topological polar surface area (TPSA) is 32.6 Å². The lowest BCUT2D eigenvalue weighted by atomic mass is 9.99. The van der Waals surface area contributed by atoms with Crippen LogP contribution >= 0.6 is 0 Å². The van der Waals surface area contributed by atoms with E-state index in [1.165, 1.54) is 5.56 Å². The average Bonchev–Trinajstić information content (AvgIpc) is 2.27. The Kier molecular flexibility index (Phi) is 2.82. The van der Waals surface area contributed by atoms with E-state index in [1.54, 1.807) is 14.2 Å². The molecule has 1 aliphatic heterocycles. The molecule has 2 rings (SSSR count). The summed E-state index contributed by atoms with van der Waals surface area (Å²) in [5.41, 5.74) is 2.42. The average molecular weight is 192 g/mol. The molecule has 0 spiro atoms. The molecule has 3 heteroatoms. The molecule has 0 N–H and O–H groups in total. The highest BCUT2D eigenvalue weighted by Gasteiger charge is 2.26. The van der Waals surface area contributed by atoms with Crippen LogP contribution in [-0.4, -0.2) is 20.4 Å². The molecular weight excluding hydrogens is 178 g/mol. The summed E-state index contributed by atoms with van der Waals surface area (Å²) in [6, 6.07) is 8.19. The summed E-state index contributed by atoms with van der Waals surface area (Å²) < 4.78 is 10.5. The molecular formula is C11H14NO2. The Hall–Kier alpha value is -0.900. The summed E-state index contributed by atoms with van der Waals surface area (Å²) in [6.07, 6.45) is 0.590. The van der Waals surface area contributed by atoms with Gasteiger partial charge in [-0.05, 0) is 5.56 Å². The van der Waals surface area contributed by atoms with Crippen molar-refractivity contribution in [2.24, 2.45) is 0 Å². The van der Waals surface area contributed by atoms with Gasteiger partial charge < -0.3 is 9.47 Å². The fourth-order valence-corrected chi connectivity index (χ4v) is 1.77. The Labute approximate surface area is 84.0 Å². The fraction of sp³-hybridized carbons (Fsp3) is 0.455. The van der Waals surface area contributed by atoms with E-state index in [-0.39, 0.29) is 12.5 Å².